The molecule has 0 aliphatic heterocycles. The Bertz CT molecular complexity index is 525. The van der Waals surface area contributed by atoms with Crippen molar-refractivity contribution in [2.24, 2.45) is 18.0 Å². The number of rotatable bonds is 3. The van der Waals surface area contributed by atoms with Crippen molar-refractivity contribution < 1.29 is 0 Å². The number of hydrogen-bond acceptors (Lipinski definition) is 4. The Morgan fingerprint density at radius 3 is 2.90 bits per heavy atom. The standard InChI is InChI=1S/C13H21N7/c1-9-18-19-12(20(9)3)8-16-13(15-2)17-11-6-4-5-10(11)7-14/h10-11H,4-6,8H2,1-3H3,(H2,15,16,17). The summed E-state index contributed by atoms with van der Waals surface area (Å²) in [6.45, 7) is 2.47. The zero-order chi connectivity index (χ0) is 14.5. The Morgan fingerprint density at radius 2 is 2.30 bits per heavy atom. The Kier molecular flexibility index (Phi) is 4.56. The molecule has 2 atom stereocenters. The van der Waals surface area contributed by atoms with Crippen molar-refractivity contribution in [3.63, 3.8) is 0 Å². The summed E-state index contributed by atoms with van der Waals surface area (Å²) < 4.78 is 1.94. The van der Waals surface area contributed by atoms with E-state index in [9.17, 15) is 0 Å². The SMILES string of the molecule is CN=C(NCc1nnc(C)n1C)NC1CCCC1C#N. The second kappa shape index (κ2) is 6.37. The Morgan fingerprint density at radius 1 is 1.50 bits per heavy atom. The molecule has 1 aromatic rings. The first-order valence-electron chi connectivity index (χ1n) is 6.87. The normalized spacial score (nSPS) is 22.6. The zero-order valence-electron chi connectivity index (χ0n) is 12.2. The fraction of sp³-hybridized carbons (Fsp3) is 0.692. The highest BCUT2D eigenvalue weighted by Gasteiger charge is 2.27. The third-order valence-corrected chi connectivity index (χ3v) is 3.82. The number of guanidine groups is 1. The van der Waals surface area contributed by atoms with Crippen LogP contribution in [0.3, 0.4) is 0 Å². The maximum atomic E-state index is 9.10. The van der Waals surface area contributed by atoms with E-state index in [2.05, 4.69) is 31.9 Å². The highest BCUT2D eigenvalue weighted by atomic mass is 15.3. The number of aryl methyl sites for hydroxylation is 1. The molecule has 0 bridgehead atoms. The van der Waals surface area contributed by atoms with Crippen LogP contribution in [0.25, 0.3) is 0 Å². The Labute approximate surface area is 119 Å². The average molecular weight is 275 g/mol. The second-order valence-electron chi connectivity index (χ2n) is 5.07. The molecule has 2 rings (SSSR count). The number of aromatic nitrogens is 3. The largest absolute Gasteiger partial charge is 0.352 e. The minimum Gasteiger partial charge on any atom is -0.352 e. The first kappa shape index (κ1) is 14.3. The van der Waals surface area contributed by atoms with E-state index < -0.39 is 0 Å². The van der Waals surface area contributed by atoms with Crippen LogP contribution in [0.2, 0.25) is 0 Å². The van der Waals surface area contributed by atoms with Crippen molar-refractivity contribution in [3.8, 4) is 6.07 Å². The number of nitrogens with zero attached hydrogens (tertiary/aromatic N) is 5. The molecule has 1 aromatic heterocycles. The highest BCUT2D eigenvalue weighted by molar-refractivity contribution is 5.80. The number of nitriles is 1. The van der Waals surface area contributed by atoms with E-state index in [0.717, 1.165) is 30.9 Å². The molecule has 0 aromatic carbocycles. The lowest BCUT2D eigenvalue weighted by Gasteiger charge is -2.19. The highest BCUT2D eigenvalue weighted by Crippen LogP contribution is 2.24. The monoisotopic (exact) mass is 275 g/mol. The van der Waals surface area contributed by atoms with Gasteiger partial charge in [-0.05, 0) is 26.2 Å². The number of aliphatic imine (C=N–C) groups is 1. The van der Waals surface area contributed by atoms with E-state index in [1.54, 1.807) is 7.05 Å². The van der Waals surface area contributed by atoms with Gasteiger partial charge in [0, 0.05) is 20.1 Å². The van der Waals surface area contributed by atoms with Crippen LogP contribution in [0.15, 0.2) is 4.99 Å². The second-order valence-corrected chi connectivity index (χ2v) is 5.07. The molecular formula is C13H21N7. The summed E-state index contributed by atoms with van der Waals surface area (Å²) in [5, 5.41) is 23.8. The van der Waals surface area contributed by atoms with Crippen LogP contribution in [0.5, 0.6) is 0 Å². The topological polar surface area (TPSA) is 90.9 Å². The van der Waals surface area contributed by atoms with E-state index in [0.29, 0.717) is 12.5 Å². The molecule has 1 saturated carbocycles. The van der Waals surface area contributed by atoms with Crippen molar-refractivity contribution >= 4 is 5.96 Å². The minimum atomic E-state index is 0.0747. The predicted molar refractivity (Wildman–Crippen MR) is 75.8 cm³/mol. The van der Waals surface area contributed by atoms with Crippen LogP contribution in [-0.2, 0) is 13.6 Å². The van der Waals surface area contributed by atoms with Crippen molar-refractivity contribution in [2.75, 3.05) is 7.05 Å². The molecule has 0 saturated heterocycles. The molecule has 108 valence electrons. The van der Waals surface area contributed by atoms with Gasteiger partial charge in [0.2, 0.25) is 0 Å². The van der Waals surface area contributed by atoms with Gasteiger partial charge < -0.3 is 15.2 Å². The molecule has 20 heavy (non-hydrogen) atoms. The van der Waals surface area contributed by atoms with Crippen LogP contribution >= 0.6 is 0 Å². The van der Waals surface area contributed by atoms with Gasteiger partial charge in [-0.25, -0.2) is 0 Å². The van der Waals surface area contributed by atoms with Gasteiger partial charge in [0.1, 0.15) is 5.82 Å². The smallest absolute Gasteiger partial charge is 0.191 e. The lowest BCUT2D eigenvalue weighted by molar-refractivity contribution is 0.531. The molecular weight excluding hydrogens is 254 g/mol. The maximum Gasteiger partial charge on any atom is 0.191 e. The Hall–Kier alpha value is -2.10. The molecule has 1 heterocycles. The first-order chi connectivity index (χ1) is 9.65. The molecule has 1 aliphatic carbocycles. The average Bonchev–Trinajstić information content (AvgIpc) is 3.03. The summed E-state index contributed by atoms with van der Waals surface area (Å²) in [6, 6.07) is 2.55. The van der Waals surface area contributed by atoms with Crippen LogP contribution in [0.1, 0.15) is 30.9 Å². The van der Waals surface area contributed by atoms with Gasteiger partial charge in [-0.2, -0.15) is 5.26 Å². The van der Waals surface area contributed by atoms with Gasteiger partial charge in [0.25, 0.3) is 0 Å². The lowest BCUT2D eigenvalue weighted by Crippen LogP contribution is -2.44. The van der Waals surface area contributed by atoms with Gasteiger partial charge in [-0.15, -0.1) is 10.2 Å². The zero-order valence-corrected chi connectivity index (χ0v) is 12.2. The van der Waals surface area contributed by atoms with Crippen LogP contribution in [0, 0.1) is 24.2 Å². The molecule has 7 heteroatoms. The molecule has 0 radical (unpaired) electrons. The fourth-order valence-corrected chi connectivity index (χ4v) is 2.43. The lowest BCUT2D eigenvalue weighted by atomic mass is 10.1. The van der Waals surface area contributed by atoms with Crippen LogP contribution in [-0.4, -0.2) is 33.8 Å². The van der Waals surface area contributed by atoms with E-state index in [1.165, 1.54) is 0 Å². The van der Waals surface area contributed by atoms with Crippen molar-refractivity contribution in [2.45, 2.75) is 38.8 Å². The summed E-state index contributed by atoms with van der Waals surface area (Å²) >= 11 is 0. The summed E-state index contributed by atoms with van der Waals surface area (Å²) in [5.41, 5.74) is 0. The predicted octanol–water partition coefficient (Wildman–Crippen LogP) is 0.481. The first-order valence-corrected chi connectivity index (χ1v) is 6.87. The van der Waals surface area contributed by atoms with Gasteiger partial charge in [0.15, 0.2) is 11.8 Å². The van der Waals surface area contributed by atoms with Crippen LogP contribution in [0.4, 0.5) is 0 Å². The summed E-state index contributed by atoms with van der Waals surface area (Å²) in [4.78, 5) is 4.20. The van der Waals surface area contributed by atoms with E-state index >= 15 is 0 Å². The number of nitrogens with one attached hydrogen (secondary N) is 2. The summed E-state index contributed by atoms with van der Waals surface area (Å²) in [6.07, 6.45) is 3.07. The van der Waals surface area contributed by atoms with E-state index in [4.69, 9.17) is 5.26 Å². The molecule has 0 amide bonds. The van der Waals surface area contributed by atoms with Crippen molar-refractivity contribution in [1.82, 2.24) is 25.4 Å². The molecule has 2 N–H and O–H groups in total. The molecule has 1 aliphatic rings. The third kappa shape index (κ3) is 3.07. The van der Waals surface area contributed by atoms with Crippen molar-refractivity contribution in [1.29, 1.82) is 5.26 Å². The Balaban J connectivity index is 1.90. The van der Waals surface area contributed by atoms with E-state index in [1.807, 2.05) is 18.5 Å². The summed E-state index contributed by atoms with van der Waals surface area (Å²) in [7, 11) is 3.67. The van der Waals surface area contributed by atoms with Gasteiger partial charge in [0.05, 0.1) is 18.5 Å². The fourth-order valence-electron chi connectivity index (χ4n) is 2.43. The maximum absolute atomic E-state index is 9.10. The van der Waals surface area contributed by atoms with Crippen LogP contribution < -0.4 is 10.6 Å². The van der Waals surface area contributed by atoms with E-state index in [-0.39, 0.29) is 12.0 Å². The molecule has 7 nitrogen and oxygen atoms in total. The van der Waals surface area contributed by atoms with Gasteiger partial charge in [-0.3, -0.25) is 4.99 Å². The van der Waals surface area contributed by atoms with Gasteiger partial charge >= 0.3 is 0 Å². The molecule has 1 fully saturated rings. The van der Waals surface area contributed by atoms with Crippen molar-refractivity contribution in [3.05, 3.63) is 11.6 Å². The molecule has 0 spiro atoms. The van der Waals surface area contributed by atoms with Gasteiger partial charge in [-0.1, -0.05) is 0 Å². The minimum absolute atomic E-state index is 0.0747. The molecule has 2 unspecified atom stereocenters. The number of hydrogen-bond donors (Lipinski definition) is 2. The third-order valence-electron chi connectivity index (χ3n) is 3.82. The quantitative estimate of drug-likeness (QED) is 0.618. The summed E-state index contributed by atoms with van der Waals surface area (Å²) in [5.74, 6) is 2.52.